The molecule has 116 valence electrons. The molecule has 0 fully saturated rings. The molecule has 2 aromatic rings. The summed E-state index contributed by atoms with van der Waals surface area (Å²) < 4.78 is 0. The molecule has 0 spiro atoms. The average Bonchev–Trinajstić information content (AvgIpc) is 2.46. The summed E-state index contributed by atoms with van der Waals surface area (Å²) in [6, 6.07) is 18.2. The summed E-state index contributed by atoms with van der Waals surface area (Å²) in [5.74, 6) is 0. The van der Waals surface area contributed by atoms with Crippen molar-refractivity contribution < 1.29 is 0 Å². The smallest absolute Gasteiger partial charge is 0.0680 e. The van der Waals surface area contributed by atoms with Crippen LogP contribution in [-0.4, -0.2) is 8.07 Å². The first-order chi connectivity index (χ1) is 10.2. The maximum absolute atomic E-state index is 2.58. The summed E-state index contributed by atoms with van der Waals surface area (Å²) in [7, 11) is -1.63. The first-order valence-electron chi connectivity index (χ1n) is 8.36. The van der Waals surface area contributed by atoms with E-state index >= 15 is 0 Å². The Balaban J connectivity index is 2.36. The lowest BCUT2D eigenvalue weighted by atomic mass is 9.78. The fourth-order valence-electron chi connectivity index (χ4n) is 4.10. The van der Waals surface area contributed by atoms with E-state index in [0.29, 0.717) is 5.04 Å². The summed E-state index contributed by atoms with van der Waals surface area (Å²) in [5.41, 5.74) is 6.18. The first kappa shape index (κ1) is 15.5. The first-order valence-corrected chi connectivity index (χ1v) is 11.4. The van der Waals surface area contributed by atoms with E-state index < -0.39 is 8.07 Å². The highest BCUT2D eigenvalue weighted by Gasteiger charge is 2.54. The molecule has 0 heterocycles. The molecule has 0 saturated heterocycles. The van der Waals surface area contributed by atoms with Crippen molar-refractivity contribution in [2.45, 2.75) is 57.3 Å². The van der Waals surface area contributed by atoms with E-state index in [4.69, 9.17) is 0 Å². The van der Waals surface area contributed by atoms with Crippen LogP contribution in [0.15, 0.2) is 48.5 Å². The Kier molecular flexibility index (Phi) is 3.41. The van der Waals surface area contributed by atoms with Crippen molar-refractivity contribution in [3.8, 4) is 0 Å². The quantitative estimate of drug-likeness (QED) is 0.571. The summed E-state index contributed by atoms with van der Waals surface area (Å²) in [4.78, 5) is 0. The van der Waals surface area contributed by atoms with Crippen molar-refractivity contribution in [3.05, 3.63) is 70.8 Å². The highest BCUT2D eigenvalue weighted by atomic mass is 28.3. The Hall–Kier alpha value is -1.34. The topological polar surface area (TPSA) is 0 Å². The van der Waals surface area contributed by atoms with Gasteiger partial charge in [-0.1, -0.05) is 89.3 Å². The van der Waals surface area contributed by atoms with Crippen molar-refractivity contribution in [2.24, 2.45) is 0 Å². The average molecular weight is 309 g/mol. The van der Waals surface area contributed by atoms with E-state index in [1.165, 1.54) is 11.1 Å². The normalized spacial score (nSPS) is 16.8. The van der Waals surface area contributed by atoms with Gasteiger partial charge in [0.1, 0.15) is 0 Å². The number of hydrogen-bond acceptors (Lipinski definition) is 0. The third-order valence-corrected chi connectivity index (χ3v) is 13.4. The van der Waals surface area contributed by atoms with Gasteiger partial charge in [0, 0.05) is 5.04 Å². The molecule has 0 N–H and O–H groups in total. The van der Waals surface area contributed by atoms with Crippen molar-refractivity contribution in [1.82, 2.24) is 0 Å². The number of benzene rings is 2. The second-order valence-corrected chi connectivity index (χ2v) is 14.2. The second kappa shape index (κ2) is 4.83. The van der Waals surface area contributed by atoms with E-state index in [1.54, 1.807) is 11.1 Å². The van der Waals surface area contributed by atoms with Gasteiger partial charge in [0.25, 0.3) is 0 Å². The van der Waals surface area contributed by atoms with E-state index in [0.717, 1.165) is 6.42 Å². The van der Waals surface area contributed by atoms with Gasteiger partial charge < -0.3 is 0 Å². The van der Waals surface area contributed by atoms with Gasteiger partial charge in [-0.3, -0.25) is 0 Å². The van der Waals surface area contributed by atoms with E-state index in [2.05, 4.69) is 89.3 Å². The van der Waals surface area contributed by atoms with Gasteiger partial charge >= 0.3 is 0 Å². The fourth-order valence-corrected chi connectivity index (χ4v) is 7.43. The highest BCUT2D eigenvalue weighted by molar-refractivity contribution is 6.83. The summed E-state index contributed by atoms with van der Waals surface area (Å²) in [6.45, 7) is 15.0. The van der Waals surface area contributed by atoms with Gasteiger partial charge in [-0.2, -0.15) is 0 Å². The predicted octanol–water partition coefficient (Wildman–Crippen LogP) is 5.94. The molecule has 3 rings (SSSR count). The molecule has 0 amide bonds. The lowest BCUT2D eigenvalue weighted by Crippen LogP contribution is -2.58. The Bertz CT molecular complexity index is 658. The van der Waals surface area contributed by atoms with Gasteiger partial charge in [-0.25, -0.2) is 0 Å². The molecule has 2 aromatic carbocycles. The molecule has 0 atom stereocenters. The van der Waals surface area contributed by atoms with Crippen LogP contribution >= 0.6 is 0 Å². The lowest BCUT2D eigenvalue weighted by molar-refractivity contribution is 0.628. The van der Waals surface area contributed by atoms with Crippen LogP contribution in [0.3, 0.4) is 0 Å². The fraction of sp³-hybridized carbons (Fsp3) is 0.429. The molecular formula is C21H28Si. The van der Waals surface area contributed by atoms with E-state index in [9.17, 15) is 0 Å². The molecule has 0 aliphatic heterocycles. The molecule has 1 aliphatic rings. The standard InChI is InChI=1S/C21H28Si/c1-20(2,3)22(5,6)21(4)18-13-9-7-11-16(18)15-17-12-8-10-14-19(17)21/h7-14H,15H2,1-6H3. The van der Waals surface area contributed by atoms with Gasteiger partial charge in [0.2, 0.25) is 0 Å². The van der Waals surface area contributed by atoms with Crippen molar-refractivity contribution in [3.63, 3.8) is 0 Å². The molecule has 0 bridgehead atoms. The Morgan fingerprint density at radius 2 is 1.23 bits per heavy atom. The number of hydrogen-bond donors (Lipinski definition) is 0. The molecule has 1 heteroatoms. The second-order valence-electron chi connectivity index (χ2n) is 8.49. The molecule has 0 aromatic heterocycles. The zero-order valence-corrected chi connectivity index (χ0v) is 15.8. The molecule has 0 radical (unpaired) electrons. The maximum Gasteiger partial charge on any atom is 0.0692 e. The Morgan fingerprint density at radius 3 is 1.64 bits per heavy atom. The molecule has 0 nitrogen and oxygen atoms in total. The van der Waals surface area contributed by atoms with Crippen LogP contribution in [0, 0.1) is 0 Å². The molecular weight excluding hydrogens is 280 g/mol. The number of fused-ring (bicyclic) bond motifs is 2. The maximum atomic E-state index is 2.58. The zero-order chi connectivity index (χ0) is 16.2. The van der Waals surface area contributed by atoms with Gasteiger partial charge in [-0.15, -0.1) is 0 Å². The lowest BCUT2D eigenvalue weighted by Gasteiger charge is -2.54. The predicted molar refractivity (Wildman–Crippen MR) is 99.3 cm³/mol. The molecule has 1 aliphatic carbocycles. The van der Waals surface area contributed by atoms with Crippen LogP contribution < -0.4 is 0 Å². The van der Waals surface area contributed by atoms with E-state index in [1.807, 2.05) is 0 Å². The van der Waals surface area contributed by atoms with Crippen molar-refractivity contribution >= 4 is 8.07 Å². The number of rotatable bonds is 1. The van der Waals surface area contributed by atoms with Crippen molar-refractivity contribution in [2.75, 3.05) is 0 Å². The van der Waals surface area contributed by atoms with Crippen LogP contribution in [0.2, 0.25) is 18.1 Å². The summed E-state index contributed by atoms with van der Waals surface area (Å²) in [5, 5.41) is 0.510. The molecule has 22 heavy (non-hydrogen) atoms. The van der Waals surface area contributed by atoms with Crippen LogP contribution in [-0.2, 0) is 11.5 Å². The largest absolute Gasteiger partial charge is 0.0692 e. The van der Waals surface area contributed by atoms with Gasteiger partial charge in [-0.05, 0) is 33.7 Å². The van der Waals surface area contributed by atoms with Crippen LogP contribution in [0.1, 0.15) is 49.9 Å². The highest BCUT2D eigenvalue weighted by Crippen LogP contribution is 2.54. The van der Waals surface area contributed by atoms with Crippen LogP contribution in [0.5, 0.6) is 0 Å². The summed E-state index contributed by atoms with van der Waals surface area (Å²) in [6.07, 6.45) is 1.08. The van der Waals surface area contributed by atoms with E-state index in [-0.39, 0.29) is 5.04 Å². The minimum Gasteiger partial charge on any atom is -0.0680 e. The zero-order valence-electron chi connectivity index (χ0n) is 14.8. The summed E-state index contributed by atoms with van der Waals surface area (Å²) >= 11 is 0. The van der Waals surface area contributed by atoms with Crippen LogP contribution in [0.4, 0.5) is 0 Å². The molecule has 0 unspecified atom stereocenters. The van der Waals surface area contributed by atoms with Gasteiger partial charge in [0.15, 0.2) is 0 Å². The molecule has 0 saturated carbocycles. The Labute approximate surface area is 136 Å². The third-order valence-electron chi connectivity index (χ3n) is 6.62. The monoisotopic (exact) mass is 308 g/mol. The van der Waals surface area contributed by atoms with Crippen LogP contribution in [0.25, 0.3) is 0 Å². The van der Waals surface area contributed by atoms with Gasteiger partial charge in [0.05, 0.1) is 8.07 Å². The Morgan fingerprint density at radius 1 is 0.818 bits per heavy atom. The van der Waals surface area contributed by atoms with Crippen molar-refractivity contribution in [1.29, 1.82) is 0 Å². The third kappa shape index (κ3) is 1.95. The minimum absolute atomic E-state index is 0.163. The SMILES string of the molecule is CC(C)(C)[Si](C)(C)C1(C)c2ccccc2Cc2ccccc21. The minimum atomic E-state index is -1.63.